The Bertz CT molecular complexity index is 507. The van der Waals surface area contributed by atoms with Gasteiger partial charge in [-0.1, -0.05) is 29.8 Å². The first-order valence-corrected chi connectivity index (χ1v) is 6.80. The van der Waals surface area contributed by atoms with Gasteiger partial charge in [0.1, 0.15) is 0 Å². The van der Waals surface area contributed by atoms with Crippen molar-refractivity contribution < 1.29 is 5.11 Å². The molecule has 1 aromatic carbocycles. The predicted octanol–water partition coefficient (Wildman–Crippen LogP) is 2.54. The smallest absolute Gasteiger partial charge is 0.0978 e. The number of hydrogen-bond donors (Lipinski definition) is 2. The monoisotopic (exact) mass is 262 g/mol. The molecule has 0 radical (unpaired) electrons. The van der Waals surface area contributed by atoms with Gasteiger partial charge in [-0.15, -0.1) is 11.3 Å². The van der Waals surface area contributed by atoms with Crippen LogP contribution in [0, 0.1) is 13.8 Å². The van der Waals surface area contributed by atoms with Crippen LogP contribution in [-0.2, 0) is 0 Å². The summed E-state index contributed by atoms with van der Waals surface area (Å²) < 4.78 is 0. The van der Waals surface area contributed by atoms with E-state index in [1.54, 1.807) is 6.20 Å². The van der Waals surface area contributed by atoms with E-state index >= 15 is 0 Å². The summed E-state index contributed by atoms with van der Waals surface area (Å²) in [5.41, 5.74) is 8.09. The maximum Gasteiger partial charge on any atom is 0.0978 e. The first-order chi connectivity index (χ1) is 8.61. The second-order valence-corrected chi connectivity index (χ2v) is 5.75. The van der Waals surface area contributed by atoms with Gasteiger partial charge in [-0.25, -0.2) is 4.98 Å². The zero-order valence-electron chi connectivity index (χ0n) is 10.6. The van der Waals surface area contributed by atoms with Crippen molar-refractivity contribution in [3.8, 4) is 0 Å². The molecule has 0 bridgehead atoms. The van der Waals surface area contributed by atoms with Crippen LogP contribution in [0.5, 0.6) is 0 Å². The van der Waals surface area contributed by atoms with Crippen LogP contribution in [0.2, 0.25) is 0 Å². The van der Waals surface area contributed by atoms with E-state index in [1.807, 2.05) is 38.1 Å². The first-order valence-electron chi connectivity index (χ1n) is 5.99. The van der Waals surface area contributed by atoms with Crippen LogP contribution in [0.1, 0.15) is 33.0 Å². The Labute approximate surface area is 111 Å². The molecule has 0 saturated heterocycles. The van der Waals surface area contributed by atoms with Gasteiger partial charge in [0.2, 0.25) is 0 Å². The number of aliphatic hydroxyl groups excluding tert-OH is 1. The maximum atomic E-state index is 10.4. The molecule has 0 spiro atoms. The lowest BCUT2D eigenvalue weighted by Gasteiger charge is -2.20. The van der Waals surface area contributed by atoms with Crippen molar-refractivity contribution in [3.63, 3.8) is 0 Å². The van der Waals surface area contributed by atoms with E-state index in [4.69, 9.17) is 5.73 Å². The number of thiazole rings is 1. The number of aromatic nitrogens is 1. The normalized spacial score (nSPS) is 14.4. The Morgan fingerprint density at radius 1 is 1.28 bits per heavy atom. The molecule has 0 aliphatic rings. The highest BCUT2D eigenvalue weighted by Gasteiger charge is 2.23. The Kier molecular flexibility index (Phi) is 4.11. The second kappa shape index (κ2) is 5.61. The van der Waals surface area contributed by atoms with E-state index in [-0.39, 0.29) is 5.92 Å². The number of rotatable bonds is 4. The van der Waals surface area contributed by atoms with Crippen molar-refractivity contribution in [1.82, 2.24) is 4.98 Å². The topological polar surface area (TPSA) is 59.1 Å². The molecule has 0 saturated carbocycles. The second-order valence-electron chi connectivity index (χ2n) is 4.48. The minimum atomic E-state index is -0.580. The van der Waals surface area contributed by atoms with Gasteiger partial charge in [-0.2, -0.15) is 0 Å². The Morgan fingerprint density at radius 2 is 1.94 bits per heavy atom. The Balaban J connectivity index is 2.25. The van der Waals surface area contributed by atoms with Crippen molar-refractivity contribution in [2.24, 2.45) is 5.73 Å². The largest absolute Gasteiger partial charge is 0.387 e. The summed E-state index contributed by atoms with van der Waals surface area (Å²) in [6, 6.07) is 8.15. The Hall–Kier alpha value is -1.23. The molecule has 4 heteroatoms. The van der Waals surface area contributed by atoms with Crippen molar-refractivity contribution in [3.05, 3.63) is 51.5 Å². The molecular formula is C14H18N2OS. The summed E-state index contributed by atoms with van der Waals surface area (Å²) in [6.07, 6.45) is 1.16. The zero-order chi connectivity index (χ0) is 13.1. The lowest BCUT2D eigenvalue weighted by Crippen LogP contribution is -2.19. The molecule has 2 rings (SSSR count). The van der Waals surface area contributed by atoms with Gasteiger partial charge < -0.3 is 10.8 Å². The van der Waals surface area contributed by atoms with Gasteiger partial charge in [0.05, 0.1) is 16.0 Å². The van der Waals surface area contributed by atoms with E-state index < -0.39 is 6.10 Å². The molecule has 2 atom stereocenters. The van der Waals surface area contributed by atoms with Crippen LogP contribution in [0.3, 0.4) is 0 Å². The number of nitrogens with zero attached hydrogens (tertiary/aromatic N) is 1. The third kappa shape index (κ3) is 2.77. The molecule has 0 amide bonds. The van der Waals surface area contributed by atoms with Crippen molar-refractivity contribution >= 4 is 11.3 Å². The van der Waals surface area contributed by atoms with Crippen molar-refractivity contribution in [1.29, 1.82) is 0 Å². The SMILES string of the molecule is Cc1ccc(C(CN)C(O)c2cnc(C)s2)cc1. The van der Waals surface area contributed by atoms with Crippen LogP contribution in [0.25, 0.3) is 0 Å². The van der Waals surface area contributed by atoms with E-state index in [1.165, 1.54) is 16.9 Å². The zero-order valence-corrected chi connectivity index (χ0v) is 11.4. The van der Waals surface area contributed by atoms with Crippen LogP contribution in [0.4, 0.5) is 0 Å². The van der Waals surface area contributed by atoms with Crippen LogP contribution >= 0.6 is 11.3 Å². The van der Waals surface area contributed by atoms with E-state index in [9.17, 15) is 5.11 Å². The van der Waals surface area contributed by atoms with E-state index in [2.05, 4.69) is 4.98 Å². The molecule has 0 aliphatic carbocycles. The fourth-order valence-electron chi connectivity index (χ4n) is 1.97. The average Bonchev–Trinajstić information content (AvgIpc) is 2.79. The molecule has 0 aliphatic heterocycles. The standard InChI is InChI=1S/C14H18N2OS/c1-9-3-5-11(6-4-9)12(7-15)14(17)13-8-16-10(2)18-13/h3-6,8,12,14,17H,7,15H2,1-2H3. The number of aryl methyl sites for hydroxylation is 2. The molecule has 3 N–H and O–H groups in total. The molecule has 96 valence electrons. The number of hydrogen-bond acceptors (Lipinski definition) is 4. The summed E-state index contributed by atoms with van der Waals surface area (Å²) in [5.74, 6) is -0.0783. The average molecular weight is 262 g/mol. The summed E-state index contributed by atoms with van der Waals surface area (Å²) >= 11 is 1.52. The molecular weight excluding hydrogens is 244 g/mol. The van der Waals surface area contributed by atoms with Crippen LogP contribution in [-0.4, -0.2) is 16.6 Å². The fourth-order valence-corrected chi connectivity index (χ4v) is 2.81. The molecule has 1 heterocycles. The highest BCUT2D eigenvalue weighted by atomic mass is 32.1. The fraction of sp³-hybridized carbons (Fsp3) is 0.357. The maximum absolute atomic E-state index is 10.4. The van der Waals surface area contributed by atoms with Gasteiger partial charge >= 0.3 is 0 Å². The van der Waals surface area contributed by atoms with Crippen LogP contribution < -0.4 is 5.73 Å². The van der Waals surface area contributed by atoms with Crippen molar-refractivity contribution in [2.45, 2.75) is 25.9 Å². The molecule has 1 aromatic heterocycles. The third-order valence-electron chi connectivity index (χ3n) is 3.07. The third-order valence-corrected chi connectivity index (χ3v) is 4.05. The highest BCUT2D eigenvalue weighted by Crippen LogP contribution is 2.33. The summed E-state index contributed by atoms with van der Waals surface area (Å²) in [4.78, 5) is 5.06. The number of aliphatic hydroxyl groups is 1. The van der Waals surface area contributed by atoms with Gasteiger partial charge in [-0.3, -0.25) is 0 Å². The first kappa shape index (κ1) is 13.2. The van der Waals surface area contributed by atoms with Gasteiger partial charge in [-0.05, 0) is 19.4 Å². The lowest BCUT2D eigenvalue weighted by molar-refractivity contribution is 0.151. The Morgan fingerprint density at radius 3 is 2.44 bits per heavy atom. The highest BCUT2D eigenvalue weighted by molar-refractivity contribution is 7.11. The minimum Gasteiger partial charge on any atom is -0.387 e. The van der Waals surface area contributed by atoms with E-state index in [0.29, 0.717) is 6.54 Å². The predicted molar refractivity (Wildman–Crippen MR) is 74.8 cm³/mol. The quantitative estimate of drug-likeness (QED) is 0.890. The number of benzene rings is 1. The van der Waals surface area contributed by atoms with Crippen LogP contribution in [0.15, 0.2) is 30.5 Å². The van der Waals surface area contributed by atoms with Crippen molar-refractivity contribution in [2.75, 3.05) is 6.54 Å². The summed E-state index contributed by atoms with van der Waals surface area (Å²) in [7, 11) is 0. The van der Waals surface area contributed by atoms with E-state index in [0.717, 1.165) is 15.4 Å². The van der Waals surface area contributed by atoms with Gasteiger partial charge in [0.25, 0.3) is 0 Å². The molecule has 2 aromatic rings. The molecule has 0 fully saturated rings. The molecule has 3 nitrogen and oxygen atoms in total. The summed E-state index contributed by atoms with van der Waals surface area (Å²) in [5, 5.41) is 11.4. The molecule has 18 heavy (non-hydrogen) atoms. The lowest BCUT2D eigenvalue weighted by atomic mass is 9.92. The molecule has 2 unspecified atom stereocenters. The minimum absolute atomic E-state index is 0.0783. The van der Waals surface area contributed by atoms with Gasteiger partial charge in [0.15, 0.2) is 0 Å². The summed E-state index contributed by atoms with van der Waals surface area (Å²) in [6.45, 7) is 4.40. The van der Waals surface area contributed by atoms with Gasteiger partial charge in [0, 0.05) is 18.7 Å². The number of nitrogens with two attached hydrogens (primary N) is 1.